The average molecular weight is 303 g/mol. The molecule has 1 atom stereocenters. The summed E-state index contributed by atoms with van der Waals surface area (Å²) >= 11 is 0.997. The van der Waals surface area contributed by atoms with Crippen molar-refractivity contribution in [3.8, 4) is 0 Å². The van der Waals surface area contributed by atoms with Crippen LogP contribution in [0.15, 0.2) is 11.0 Å². The van der Waals surface area contributed by atoms with E-state index in [-0.39, 0.29) is 15.8 Å². The molecular weight excluding hydrogens is 286 g/mol. The van der Waals surface area contributed by atoms with Crippen molar-refractivity contribution >= 4 is 27.3 Å². The number of carboxylic acids is 1. The van der Waals surface area contributed by atoms with Gasteiger partial charge in [0.2, 0.25) is 10.0 Å². The van der Waals surface area contributed by atoms with Crippen LogP contribution in [0.4, 0.5) is 0 Å². The summed E-state index contributed by atoms with van der Waals surface area (Å²) in [5.74, 6) is -0.662. The van der Waals surface area contributed by atoms with Gasteiger partial charge in [0, 0.05) is 18.0 Å². The minimum atomic E-state index is -3.61. The first kappa shape index (κ1) is 14.5. The van der Waals surface area contributed by atoms with E-state index in [0.29, 0.717) is 10.8 Å². The number of sulfonamides is 1. The summed E-state index contributed by atoms with van der Waals surface area (Å²) in [7, 11) is -2.04. The van der Waals surface area contributed by atoms with E-state index in [1.807, 2.05) is 6.92 Å². The highest BCUT2D eigenvalue weighted by Crippen LogP contribution is 2.37. The van der Waals surface area contributed by atoms with E-state index < -0.39 is 16.0 Å². The van der Waals surface area contributed by atoms with Gasteiger partial charge >= 0.3 is 5.97 Å². The SMILES string of the molecule is Cc1sc(C(=O)O)cc1S(=O)(=O)N(C)C(C)C1CC1. The van der Waals surface area contributed by atoms with E-state index >= 15 is 0 Å². The predicted octanol–water partition coefficient (Wildman–Crippen LogP) is 2.17. The molecule has 1 heterocycles. The molecule has 1 aromatic rings. The Hall–Kier alpha value is -0.920. The lowest BCUT2D eigenvalue weighted by molar-refractivity contribution is 0.0702. The van der Waals surface area contributed by atoms with Crippen molar-refractivity contribution in [2.45, 2.75) is 37.6 Å². The molecular formula is C12H17NO4S2. The molecule has 1 aromatic heterocycles. The van der Waals surface area contributed by atoms with Crippen molar-refractivity contribution in [1.29, 1.82) is 0 Å². The number of rotatable bonds is 5. The maximum Gasteiger partial charge on any atom is 0.345 e. The summed E-state index contributed by atoms with van der Waals surface area (Å²) in [5.41, 5.74) is 0. The van der Waals surface area contributed by atoms with Gasteiger partial charge in [-0.05, 0) is 38.7 Å². The van der Waals surface area contributed by atoms with Gasteiger partial charge in [-0.1, -0.05) is 0 Å². The summed E-state index contributed by atoms with van der Waals surface area (Å²) in [6, 6.07) is 1.21. The third kappa shape index (κ3) is 2.68. The molecule has 2 rings (SSSR count). The van der Waals surface area contributed by atoms with Gasteiger partial charge in [-0.3, -0.25) is 0 Å². The van der Waals surface area contributed by atoms with Crippen LogP contribution < -0.4 is 0 Å². The van der Waals surface area contributed by atoms with Crippen LogP contribution in [0.5, 0.6) is 0 Å². The second-order valence-electron chi connectivity index (χ2n) is 4.94. The normalized spacial score (nSPS) is 17.7. The van der Waals surface area contributed by atoms with Gasteiger partial charge in [-0.15, -0.1) is 11.3 Å². The van der Waals surface area contributed by atoms with Crippen LogP contribution in [0.1, 0.15) is 34.3 Å². The zero-order chi connectivity index (χ0) is 14.4. The zero-order valence-corrected chi connectivity index (χ0v) is 12.7. The number of hydrogen-bond donors (Lipinski definition) is 1. The molecule has 1 aliphatic rings. The molecule has 0 saturated heterocycles. The topological polar surface area (TPSA) is 74.7 Å². The Bertz CT molecular complexity index is 601. The third-order valence-electron chi connectivity index (χ3n) is 3.62. The lowest BCUT2D eigenvalue weighted by Crippen LogP contribution is -2.36. The second-order valence-corrected chi connectivity index (χ2v) is 8.16. The Morgan fingerprint density at radius 2 is 2.11 bits per heavy atom. The molecule has 0 spiro atoms. The molecule has 1 N–H and O–H groups in total. The summed E-state index contributed by atoms with van der Waals surface area (Å²) in [5, 5.41) is 8.94. The Morgan fingerprint density at radius 3 is 2.53 bits per heavy atom. The quantitative estimate of drug-likeness (QED) is 0.904. The number of hydrogen-bond acceptors (Lipinski definition) is 4. The van der Waals surface area contributed by atoms with Crippen LogP contribution in [0.2, 0.25) is 0 Å². The highest BCUT2D eigenvalue weighted by atomic mass is 32.2. The number of nitrogens with zero attached hydrogens (tertiary/aromatic N) is 1. The Morgan fingerprint density at radius 1 is 1.53 bits per heavy atom. The third-order valence-corrected chi connectivity index (χ3v) is 6.86. The molecule has 1 unspecified atom stereocenters. The van der Waals surface area contributed by atoms with E-state index in [2.05, 4.69) is 0 Å². The lowest BCUT2D eigenvalue weighted by Gasteiger charge is -2.24. The van der Waals surface area contributed by atoms with Crippen LogP contribution in [0.25, 0.3) is 0 Å². The average Bonchev–Trinajstić information content (AvgIpc) is 3.09. The molecule has 1 aliphatic carbocycles. The summed E-state index contributed by atoms with van der Waals surface area (Å²) in [6.07, 6.45) is 2.12. The highest BCUT2D eigenvalue weighted by molar-refractivity contribution is 7.89. The fourth-order valence-corrected chi connectivity index (χ4v) is 4.90. The Kier molecular flexibility index (Phi) is 3.72. The fourth-order valence-electron chi connectivity index (χ4n) is 2.08. The predicted molar refractivity (Wildman–Crippen MR) is 73.2 cm³/mol. The maximum atomic E-state index is 12.5. The van der Waals surface area contributed by atoms with E-state index in [0.717, 1.165) is 24.2 Å². The molecule has 1 saturated carbocycles. The first-order chi connectivity index (χ1) is 8.75. The number of carboxylic acid groups (broad SMARTS) is 1. The molecule has 0 amide bonds. The minimum Gasteiger partial charge on any atom is -0.477 e. The van der Waals surface area contributed by atoms with Crippen LogP contribution in [0, 0.1) is 12.8 Å². The van der Waals surface area contributed by atoms with E-state index in [9.17, 15) is 13.2 Å². The van der Waals surface area contributed by atoms with E-state index in [4.69, 9.17) is 5.11 Å². The Labute approximate surface area is 116 Å². The van der Waals surface area contributed by atoms with Crippen molar-refractivity contribution in [3.05, 3.63) is 15.8 Å². The first-order valence-corrected chi connectivity index (χ1v) is 8.32. The molecule has 19 heavy (non-hydrogen) atoms. The van der Waals surface area contributed by atoms with Gasteiger partial charge in [0.1, 0.15) is 4.88 Å². The monoisotopic (exact) mass is 303 g/mol. The highest BCUT2D eigenvalue weighted by Gasteiger charge is 2.37. The minimum absolute atomic E-state index is 0.0439. The van der Waals surface area contributed by atoms with E-state index in [1.54, 1.807) is 14.0 Å². The number of carbonyl (C=O) groups is 1. The van der Waals surface area contributed by atoms with Gasteiger partial charge in [-0.25, -0.2) is 13.2 Å². The van der Waals surface area contributed by atoms with Gasteiger partial charge < -0.3 is 5.11 Å². The molecule has 0 radical (unpaired) electrons. The van der Waals surface area contributed by atoms with Crippen LogP contribution in [0.3, 0.4) is 0 Å². The molecule has 1 fully saturated rings. The van der Waals surface area contributed by atoms with Crippen molar-refractivity contribution in [3.63, 3.8) is 0 Å². The van der Waals surface area contributed by atoms with Crippen molar-refractivity contribution < 1.29 is 18.3 Å². The second kappa shape index (κ2) is 4.88. The van der Waals surface area contributed by atoms with Gasteiger partial charge in [-0.2, -0.15) is 4.31 Å². The zero-order valence-electron chi connectivity index (χ0n) is 11.1. The van der Waals surface area contributed by atoms with Gasteiger partial charge in [0.25, 0.3) is 0 Å². The van der Waals surface area contributed by atoms with Gasteiger partial charge in [0.05, 0.1) is 4.90 Å². The van der Waals surface area contributed by atoms with Crippen molar-refractivity contribution in [2.75, 3.05) is 7.05 Å². The smallest absolute Gasteiger partial charge is 0.345 e. The number of aromatic carboxylic acids is 1. The fraction of sp³-hybridized carbons (Fsp3) is 0.583. The molecule has 0 aliphatic heterocycles. The van der Waals surface area contributed by atoms with Crippen LogP contribution in [-0.4, -0.2) is 36.9 Å². The number of thiophene rings is 1. The van der Waals surface area contributed by atoms with Crippen molar-refractivity contribution in [1.82, 2.24) is 4.31 Å². The van der Waals surface area contributed by atoms with Gasteiger partial charge in [0.15, 0.2) is 0 Å². The summed E-state index contributed by atoms with van der Waals surface area (Å²) in [4.78, 5) is 11.6. The van der Waals surface area contributed by atoms with Crippen molar-refractivity contribution in [2.24, 2.45) is 5.92 Å². The maximum absolute atomic E-state index is 12.5. The largest absolute Gasteiger partial charge is 0.477 e. The molecule has 7 heteroatoms. The number of aryl methyl sites for hydroxylation is 1. The molecule has 106 valence electrons. The van der Waals surface area contributed by atoms with Crippen LogP contribution >= 0.6 is 11.3 Å². The standard InChI is InChI=1S/C12H17NO4S2/c1-7(9-4-5-9)13(3)19(16,17)11-6-10(12(14)15)18-8(11)2/h6-7,9H,4-5H2,1-3H3,(H,14,15). The molecule has 5 nitrogen and oxygen atoms in total. The molecule has 0 aromatic carbocycles. The summed E-state index contributed by atoms with van der Waals surface area (Å²) in [6.45, 7) is 3.54. The van der Waals surface area contributed by atoms with Crippen LogP contribution in [-0.2, 0) is 10.0 Å². The first-order valence-electron chi connectivity index (χ1n) is 6.07. The summed E-state index contributed by atoms with van der Waals surface area (Å²) < 4.78 is 26.4. The Balaban J connectivity index is 2.35. The van der Waals surface area contributed by atoms with E-state index in [1.165, 1.54) is 10.4 Å². The lowest BCUT2D eigenvalue weighted by atomic mass is 10.2. The molecule has 0 bridgehead atoms.